The molecule has 0 bridgehead atoms. The van der Waals surface area contributed by atoms with Crippen LogP contribution in [0.25, 0.3) is 0 Å². The van der Waals surface area contributed by atoms with E-state index in [1.165, 1.54) is 5.56 Å². The second kappa shape index (κ2) is 7.90. The van der Waals surface area contributed by atoms with Gasteiger partial charge >= 0.3 is 5.97 Å². The summed E-state index contributed by atoms with van der Waals surface area (Å²) in [6, 6.07) is 7.64. The van der Waals surface area contributed by atoms with E-state index in [0.29, 0.717) is 6.04 Å². The van der Waals surface area contributed by atoms with Gasteiger partial charge in [0.05, 0.1) is 6.42 Å². The highest BCUT2D eigenvalue weighted by molar-refractivity contribution is 5.67. The molecule has 0 aliphatic heterocycles. The largest absolute Gasteiger partial charge is 0.508 e. The number of nitrogens with zero attached hydrogens (tertiary/aromatic N) is 1. The molecule has 0 radical (unpaired) electrons. The van der Waals surface area contributed by atoms with Crippen molar-refractivity contribution in [2.45, 2.75) is 52.1 Å². The van der Waals surface area contributed by atoms with Gasteiger partial charge in [-0.2, -0.15) is 0 Å². The maximum absolute atomic E-state index is 10.8. The zero-order valence-electron chi connectivity index (χ0n) is 12.5. The molecule has 4 nitrogen and oxygen atoms in total. The molecule has 2 unspecified atom stereocenters. The van der Waals surface area contributed by atoms with Gasteiger partial charge in [0, 0.05) is 12.1 Å². The Morgan fingerprint density at radius 2 is 1.80 bits per heavy atom. The van der Waals surface area contributed by atoms with Crippen LogP contribution in [0.2, 0.25) is 0 Å². The summed E-state index contributed by atoms with van der Waals surface area (Å²) < 4.78 is 0. The summed E-state index contributed by atoms with van der Waals surface area (Å²) in [5.74, 6) is -0.464. The van der Waals surface area contributed by atoms with E-state index in [9.17, 15) is 9.90 Å². The third kappa shape index (κ3) is 5.21. The molecule has 2 N–H and O–H groups in total. The number of aliphatic carboxylic acids is 1. The number of hydrogen-bond donors (Lipinski definition) is 2. The highest BCUT2D eigenvalue weighted by atomic mass is 16.4. The molecule has 0 saturated carbocycles. The van der Waals surface area contributed by atoms with Crippen LogP contribution >= 0.6 is 0 Å². The van der Waals surface area contributed by atoms with Gasteiger partial charge in [-0.1, -0.05) is 19.1 Å². The number of aryl methyl sites for hydroxylation is 1. The molecule has 112 valence electrons. The molecule has 20 heavy (non-hydrogen) atoms. The lowest BCUT2D eigenvalue weighted by molar-refractivity contribution is -0.138. The van der Waals surface area contributed by atoms with E-state index in [-0.39, 0.29) is 18.2 Å². The van der Waals surface area contributed by atoms with E-state index < -0.39 is 5.97 Å². The van der Waals surface area contributed by atoms with Gasteiger partial charge in [-0.25, -0.2) is 0 Å². The smallest absolute Gasteiger partial charge is 0.304 e. The Kier molecular flexibility index (Phi) is 6.52. The number of phenolic OH excluding ortho intramolecular Hbond substituents is 1. The van der Waals surface area contributed by atoms with Gasteiger partial charge in [0.2, 0.25) is 0 Å². The summed E-state index contributed by atoms with van der Waals surface area (Å²) in [5.41, 5.74) is 1.19. The lowest BCUT2D eigenvalue weighted by Crippen LogP contribution is -2.41. The topological polar surface area (TPSA) is 60.8 Å². The molecular formula is C16H25NO3. The zero-order chi connectivity index (χ0) is 15.1. The minimum atomic E-state index is -0.748. The summed E-state index contributed by atoms with van der Waals surface area (Å²) in [6.45, 7) is 7.03. The number of hydrogen-bond acceptors (Lipinski definition) is 3. The summed E-state index contributed by atoms with van der Waals surface area (Å²) in [7, 11) is 0. The molecule has 0 saturated heterocycles. The first-order valence-electron chi connectivity index (χ1n) is 7.19. The van der Waals surface area contributed by atoms with E-state index in [1.54, 1.807) is 12.1 Å². The van der Waals surface area contributed by atoms with E-state index in [4.69, 9.17) is 5.11 Å². The van der Waals surface area contributed by atoms with Crippen LogP contribution in [-0.4, -0.2) is 39.7 Å². The second-order valence-corrected chi connectivity index (χ2v) is 5.33. The molecule has 0 aromatic heterocycles. The van der Waals surface area contributed by atoms with Gasteiger partial charge in [-0.15, -0.1) is 0 Å². The fourth-order valence-electron chi connectivity index (χ4n) is 2.63. The normalized spacial score (nSPS) is 14.2. The molecule has 0 spiro atoms. The van der Waals surface area contributed by atoms with Crippen molar-refractivity contribution in [2.24, 2.45) is 0 Å². The first-order chi connectivity index (χ1) is 9.43. The van der Waals surface area contributed by atoms with Gasteiger partial charge in [0.1, 0.15) is 5.75 Å². The third-order valence-electron chi connectivity index (χ3n) is 3.75. The number of benzene rings is 1. The monoisotopic (exact) mass is 279 g/mol. The Balaban J connectivity index is 2.52. The average Bonchev–Trinajstić information content (AvgIpc) is 2.38. The summed E-state index contributed by atoms with van der Waals surface area (Å²) in [5, 5.41) is 18.1. The minimum absolute atomic E-state index is 0.0484. The van der Waals surface area contributed by atoms with Crippen LogP contribution in [0.1, 0.15) is 39.2 Å². The van der Waals surface area contributed by atoms with Crippen LogP contribution < -0.4 is 0 Å². The molecule has 1 aromatic carbocycles. The summed E-state index contributed by atoms with van der Waals surface area (Å²) in [4.78, 5) is 13.0. The Morgan fingerprint density at radius 3 is 2.30 bits per heavy atom. The Bertz CT molecular complexity index is 416. The lowest BCUT2D eigenvalue weighted by Gasteiger charge is -2.33. The summed E-state index contributed by atoms with van der Waals surface area (Å²) >= 11 is 0. The highest BCUT2D eigenvalue weighted by Crippen LogP contribution is 2.16. The van der Waals surface area contributed by atoms with Crippen molar-refractivity contribution in [3.8, 4) is 5.75 Å². The van der Waals surface area contributed by atoms with Crippen LogP contribution in [0.15, 0.2) is 24.3 Å². The molecule has 1 rings (SSSR count). The van der Waals surface area contributed by atoms with Crippen molar-refractivity contribution in [1.82, 2.24) is 4.90 Å². The Labute approximate surface area is 121 Å². The highest BCUT2D eigenvalue weighted by Gasteiger charge is 2.20. The zero-order valence-corrected chi connectivity index (χ0v) is 12.5. The van der Waals surface area contributed by atoms with Gasteiger partial charge in [0.15, 0.2) is 0 Å². The predicted molar refractivity (Wildman–Crippen MR) is 80.0 cm³/mol. The number of aromatic hydroxyl groups is 1. The van der Waals surface area contributed by atoms with Crippen molar-refractivity contribution in [1.29, 1.82) is 0 Å². The van der Waals surface area contributed by atoms with Crippen molar-refractivity contribution < 1.29 is 15.0 Å². The standard InChI is InChI=1S/C16H25NO3/c1-4-17(13(3)11-16(19)20)12(2)5-6-14-7-9-15(18)10-8-14/h7-10,12-13,18H,4-6,11H2,1-3H3,(H,19,20). The maximum Gasteiger partial charge on any atom is 0.304 e. The Hall–Kier alpha value is -1.55. The van der Waals surface area contributed by atoms with Crippen LogP contribution in [0, 0.1) is 0 Å². The van der Waals surface area contributed by atoms with Crippen molar-refractivity contribution in [3.05, 3.63) is 29.8 Å². The molecule has 1 aromatic rings. The second-order valence-electron chi connectivity index (χ2n) is 5.33. The minimum Gasteiger partial charge on any atom is -0.508 e. The molecule has 0 amide bonds. The fourth-order valence-corrected chi connectivity index (χ4v) is 2.63. The van der Waals surface area contributed by atoms with Gasteiger partial charge in [0.25, 0.3) is 0 Å². The van der Waals surface area contributed by atoms with E-state index >= 15 is 0 Å². The van der Waals surface area contributed by atoms with Crippen molar-refractivity contribution >= 4 is 5.97 Å². The average molecular weight is 279 g/mol. The van der Waals surface area contributed by atoms with Crippen molar-refractivity contribution in [3.63, 3.8) is 0 Å². The summed E-state index contributed by atoms with van der Waals surface area (Å²) in [6.07, 6.45) is 2.08. The first-order valence-corrected chi connectivity index (χ1v) is 7.19. The maximum atomic E-state index is 10.8. The van der Waals surface area contributed by atoms with Crippen LogP contribution in [0.5, 0.6) is 5.75 Å². The van der Waals surface area contributed by atoms with Gasteiger partial charge in [-0.3, -0.25) is 9.69 Å². The SMILES string of the molecule is CCN(C(C)CCc1ccc(O)cc1)C(C)CC(=O)O. The number of carboxylic acid groups (broad SMARTS) is 1. The molecule has 0 fully saturated rings. The number of phenols is 1. The van der Waals surface area contributed by atoms with Gasteiger partial charge in [-0.05, 0) is 50.9 Å². The molecule has 4 heteroatoms. The molecule has 0 aliphatic carbocycles. The quantitative estimate of drug-likeness (QED) is 0.768. The lowest BCUT2D eigenvalue weighted by atomic mass is 10.0. The molecule has 0 heterocycles. The van der Waals surface area contributed by atoms with Crippen LogP contribution in [0.3, 0.4) is 0 Å². The van der Waals surface area contributed by atoms with Crippen molar-refractivity contribution in [2.75, 3.05) is 6.54 Å². The Morgan fingerprint density at radius 1 is 1.20 bits per heavy atom. The van der Waals surface area contributed by atoms with E-state index in [0.717, 1.165) is 19.4 Å². The van der Waals surface area contributed by atoms with Crippen LogP contribution in [-0.2, 0) is 11.2 Å². The number of carbonyl (C=O) groups is 1. The molecule has 2 atom stereocenters. The van der Waals surface area contributed by atoms with E-state index in [1.807, 2.05) is 19.1 Å². The fraction of sp³-hybridized carbons (Fsp3) is 0.562. The number of carboxylic acids is 1. The van der Waals surface area contributed by atoms with Gasteiger partial charge < -0.3 is 10.2 Å². The van der Waals surface area contributed by atoms with E-state index in [2.05, 4.69) is 18.7 Å². The number of rotatable bonds is 8. The van der Waals surface area contributed by atoms with Crippen LogP contribution in [0.4, 0.5) is 0 Å². The first kappa shape index (κ1) is 16.5. The predicted octanol–water partition coefficient (Wildman–Crippen LogP) is 2.90. The molecule has 0 aliphatic rings. The molecular weight excluding hydrogens is 254 g/mol. The third-order valence-corrected chi connectivity index (χ3v) is 3.75.